The number of nitrogens with one attached hydrogen (secondary N) is 1. The molecule has 0 radical (unpaired) electrons. The highest BCUT2D eigenvalue weighted by atomic mass is 32.2. The van der Waals surface area contributed by atoms with Gasteiger partial charge in [0.1, 0.15) is 5.03 Å². The Kier molecular flexibility index (Phi) is 3.95. The summed E-state index contributed by atoms with van der Waals surface area (Å²) in [5, 5.41) is 0.913. The molecule has 88 valence electrons. The lowest BCUT2D eigenvalue weighted by atomic mass is 10.1. The van der Waals surface area contributed by atoms with Crippen LogP contribution in [0, 0.1) is 6.92 Å². The Hall–Kier alpha value is -1.59. The number of nitrogen functional groups attached to an aromatic ring is 1. The Morgan fingerprint density at radius 2 is 2.12 bits per heavy atom. The number of hydrogen-bond donors (Lipinski definition) is 2. The maximum Gasteiger partial charge on any atom is 0.238 e. The van der Waals surface area contributed by atoms with Crippen molar-refractivity contribution < 1.29 is 0 Å². The van der Waals surface area contributed by atoms with E-state index in [4.69, 9.17) is 5.84 Å². The molecule has 1 aromatic carbocycles. The zero-order valence-electron chi connectivity index (χ0n) is 9.55. The lowest BCUT2D eigenvalue weighted by Gasteiger charge is -2.05. The number of benzene rings is 1. The molecule has 0 aliphatic carbocycles. The average molecular weight is 246 g/mol. The van der Waals surface area contributed by atoms with Gasteiger partial charge in [-0.25, -0.2) is 15.8 Å². The van der Waals surface area contributed by atoms with Crippen LogP contribution in [0.25, 0.3) is 0 Å². The van der Waals surface area contributed by atoms with Gasteiger partial charge in [0.2, 0.25) is 5.95 Å². The Morgan fingerprint density at radius 3 is 2.88 bits per heavy atom. The molecule has 0 fully saturated rings. The van der Waals surface area contributed by atoms with Gasteiger partial charge in [0.05, 0.1) is 0 Å². The fourth-order valence-electron chi connectivity index (χ4n) is 1.42. The van der Waals surface area contributed by atoms with Crippen molar-refractivity contribution in [2.24, 2.45) is 5.84 Å². The first-order chi connectivity index (χ1) is 8.29. The quantitative estimate of drug-likeness (QED) is 0.375. The molecule has 0 atom stereocenters. The molecule has 5 heteroatoms. The third kappa shape index (κ3) is 3.18. The predicted octanol–water partition coefficient (Wildman–Crippen LogP) is 2.36. The van der Waals surface area contributed by atoms with Gasteiger partial charge in [0.15, 0.2) is 0 Å². The SMILES string of the molecule is Cc1ccccc1CSc1ccnc(NN)n1. The van der Waals surface area contributed by atoms with E-state index < -0.39 is 0 Å². The number of nitrogens with two attached hydrogens (primary N) is 1. The number of nitrogens with zero attached hydrogens (tertiary/aromatic N) is 2. The summed E-state index contributed by atoms with van der Waals surface area (Å²) < 4.78 is 0. The monoisotopic (exact) mass is 246 g/mol. The summed E-state index contributed by atoms with van der Waals surface area (Å²) in [5.74, 6) is 6.61. The molecule has 0 saturated carbocycles. The minimum absolute atomic E-state index is 0.444. The van der Waals surface area contributed by atoms with Crippen molar-refractivity contribution in [2.75, 3.05) is 5.43 Å². The van der Waals surface area contributed by atoms with Crippen LogP contribution in [0.1, 0.15) is 11.1 Å². The first-order valence-corrected chi connectivity index (χ1v) is 6.25. The van der Waals surface area contributed by atoms with E-state index in [2.05, 4.69) is 40.5 Å². The Labute approximate surface area is 105 Å². The zero-order valence-corrected chi connectivity index (χ0v) is 10.4. The van der Waals surface area contributed by atoms with Crippen LogP contribution < -0.4 is 11.3 Å². The second-order valence-corrected chi connectivity index (χ2v) is 4.57. The van der Waals surface area contributed by atoms with E-state index in [1.165, 1.54) is 11.1 Å². The van der Waals surface area contributed by atoms with Gasteiger partial charge in [-0.2, -0.15) is 0 Å². The van der Waals surface area contributed by atoms with Crippen molar-refractivity contribution in [1.29, 1.82) is 0 Å². The maximum atomic E-state index is 5.27. The van der Waals surface area contributed by atoms with Crippen molar-refractivity contribution in [1.82, 2.24) is 9.97 Å². The molecule has 0 unspecified atom stereocenters. The van der Waals surface area contributed by atoms with E-state index in [1.807, 2.05) is 12.1 Å². The normalized spacial score (nSPS) is 10.2. The lowest BCUT2D eigenvalue weighted by molar-refractivity contribution is 1.03. The number of hydrazine groups is 1. The summed E-state index contributed by atoms with van der Waals surface area (Å²) in [6, 6.07) is 10.2. The van der Waals surface area contributed by atoms with Crippen molar-refractivity contribution in [3.8, 4) is 0 Å². The molecule has 0 saturated heterocycles. The Morgan fingerprint density at radius 1 is 1.29 bits per heavy atom. The number of rotatable bonds is 4. The predicted molar refractivity (Wildman–Crippen MR) is 70.6 cm³/mol. The van der Waals surface area contributed by atoms with Crippen LogP contribution in [0.3, 0.4) is 0 Å². The number of thioether (sulfide) groups is 1. The average Bonchev–Trinajstić information content (AvgIpc) is 2.38. The van der Waals surface area contributed by atoms with Crippen LogP contribution in [-0.4, -0.2) is 9.97 Å². The molecule has 0 bridgehead atoms. The summed E-state index contributed by atoms with van der Waals surface area (Å²) in [5.41, 5.74) is 5.06. The number of aryl methyl sites for hydroxylation is 1. The third-order valence-corrected chi connectivity index (χ3v) is 3.37. The van der Waals surface area contributed by atoms with Gasteiger partial charge in [0, 0.05) is 11.9 Å². The lowest BCUT2D eigenvalue weighted by Crippen LogP contribution is -2.10. The molecule has 1 heterocycles. The molecule has 0 amide bonds. The minimum Gasteiger partial charge on any atom is -0.292 e. The molecular formula is C12H14N4S. The smallest absolute Gasteiger partial charge is 0.238 e. The van der Waals surface area contributed by atoms with E-state index in [9.17, 15) is 0 Å². The zero-order chi connectivity index (χ0) is 12.1. The standard InChI is InChI=1S/C12H14N4S/c1-9-4-2-3-5-10(9)8-17-11-6-7-14-12(15-11)16-13/h2-7H,8,13H2,1H3,(H,14,15,16). The van der Waals surface area contributed by atoms with Crippen molar-refractivity contribution in [2.45, 2.75) is 17.7 Å². The van der Waals surface area contributed by atoms with Gasteiger partial charge in [-0.05, 0) is 24.1 Å². The second kappa shape index (κ2) is 5.65. The number of aromatic nitrogens is 2. The van der Waals surface area contributed by atoms with Gasteiger partial charge in [0.25, 0.3) is 0 Å². The van der Waals surface area contributed by atoms with Crippen LogP contribution in [0.4, 0.5) is 5.95 Å². The molecule has 4 nitrogen and oxygen atoms in total. The van der Waals surface area contributed by atoms with Crippen LogP contribution >= 0.6 is 11.8 Å². The number of anilines is 1. The van der Waals surface area contributed by atoms with Crippen LogP contribution in [0.15, 0.2) is 41.6 Å². The van der Waals surface area contributed by atoms with E-state index >= 15 is 0 Å². The summed E-state index contributed by atoms with van der Waals surface area (Å²) in [7, 11) is 0. The first kappa shape index (κ1) is 11.9. The van der Waals surface area contributed by atoms with Crippen molar-refractivity contribution in [3.05, 3.63) is 47.7 Å². The Bertz CT molecular complexity index is 501. The minimum atomic E-state index is 0.444. The highest BCUT2D eigenvalue weighted by Gasteiger charge is 2.01. The summed E-state index contributed by atoms with van der Waals surface area (Å²) in [6.07, 6.45) is 1.70. The fourth-order valence-corrected chi connectivity index (χ4v) is 2.35. The Balaban J connectivity index is 2.05. The van der Waals surface area contributed by atoms with Gasteiger partial charge in [-0.3, -0.25) is 5.43 Å². The van der Waals surface area contributed by atoms with E-state index in [0.29, 0.717) is 5.95 Å². The van der Waals surface area contributed by atoms with E-state index in [1.54, 1.807) is 18.0 Å². The van der Waals surface area contributed by atoms with Gasteiger partial charge in [-0.15, -0.1) is 11.8 Å². The van der Waals surface area contributed by atoms with Crippen LogP contribution in [-0.2, 0) is 5.75 Å². The number of hydrogen-bond acceptors (Lipinski definition) is 5. The molecular weight excluding hydrogens is 232 g/mol. The van der Waals surface area contributed by atoms with Crippen LogP contribution in [0.2, 0.25) is 0 Å². The topological polar surface area (TPSA) is 63.8 Å². The molecule has 2 aromatic rings. The van der Waals surface area contributed by atoms with Crippen LogP contribution in [0.5, 0.6) is 0 Å². The fraction of sp³-hybridized carbons (Fsp3) is 0.167. The molecule has 0 aliphatic rings. The third-order valence-electron chi connectivity index (χ3n) is 2.40. The van der Waals surface area contributed by atoms with E-state index in [-0.39, 0.29) is 0 Å². The van der Waals surface area contributed by atoms with Gasteiger partial charge in [-0.1, -0.05) is 24.3 Å². The molecule has 0 spiro atoms. The van der Waals surface area contributed by atoms with Crippen molar-refractivity contribution >= 4 is 17.7 Å². The van der Waals surface area contributed by atoms with Crippen molar-refractivity contribution in [3.63, 3.8) is 0 Å². The summed E-state index contributed by atoms with van der Waals surface area (Å²) in [4.78, 5) is 8.22. The molecule has 1 aromatic heterocycles. The van der Waals surface area contributed by atoms with Gasteiger partial charge < -0.3 is 0 Å². The van der Waals surface area contributed by atoms with E-state index in [0.717, 1.165) is 10.8 Å². The highest BCUT2D eigenvalue weighted by Crippen LogP contribution is 2.22. The first-order valence-electron chi connectivity index (χ1n) is 5.26. The molecule has 0 aliphatic heterocycles. The molecule has 3 N–H and O–H groups in total. The maximum absolute atomic E-state index is 5.27. The highest BCUT2D eigenvalue weighted by molar-refractivity contribution is 7.98. The molecule has 17 heavy (non-hydrogen) atoms. The molecule has 2 rings (SSSR count). The largest absolute Gasteiger partial charge is 0.292 e. The summed E-state index contributed by atoms with van der Waals surface area (Å²) in [6.45, 7) is 2.11. The second-order valence-electron chi connectivity index (χ2n) is 3.58. The van der Waals surface area contributed by atoms with Gasteiger partial charge >= 0.3 is 0 Å². The summed E-state index contributed by atoms with van der Waals surface area (Å²) >= 11 is 1.67.